The highest BCUT2D eigenvalue weighted by molar-refractivity contribution is 5.40. The summed E-state index contributed by atoms with van der Waals surface area (Å²) in [5, 5.41) is 17.4. The van der Waals surface area contributed by atoms with E-state index in [2.05, 4.69) is 24.3 Å². The molecule has 0 atom stereocenters. The van der Waals surface area contributed by atoms with E-state index in [1.807, 2.05) is 31.2 Å². The van der Waals surface area contributed by atoms with Crippen molar-refractivity contribution in [1.82, 2.24) is 15.1 Å². The minimum Gasteiger partial charge on any atom is -0.506 e. The Morgan fingerprint density at radius 2 is 2.05 bits per heavy atom. The van der Waals surface area contributed by atoms with Crippen LogP contribution >= 0.6 is 0 Å². The van der Waals surface area contributed by atoms with Crippen LogP contribution in [0.3, 0.4) is 0 Å². The van der Waals surface area contributed by atoms with Crippen LogP contribution in [0.2, 0.25) is 0 Å². The molecule has 1 aromatic heterocycles. The van der Waals surface area contributed by atoms with Crippen LogP contribution in [0.15, 0.2) is 35.1 Å². The first kappa shape index (κ1) is 15.3. The third kappa shape index (κ3) is 3.70. The Hall–Kier alpha value is -2.14. The largest absolute Gasteiger partial charge is 0.506 e. The zero-order valence-electron chi connectivity index (χ0n) is 12.6. The minimum atomic E-state index is -0.339. The third-order valence-electron chi connectivity index (χ3n) is 3.17. The monoisotopic (exact) mass is 287 g/mol. The average Bonchev–Trinajstić information content (AvgIpc) is 2.42. The molecule has 0 radical (unpaired) electrons. The summed E-state index contributed by atoms with van der Waals surface area (Å²) < 4.78 is 1.33. The topological polar surface area (TPSA) is 67.2 Å². The van der Waals surface area contributed by atoms with Gasteiger partial charge in [-0.05, 0) is 31.0 Å². The van der Waals surface area contributed by atoms with Gasteiger partial charge in [-0.3, -0.25) is 4.79 Å². The summed E-state index contributed by atoms with van der Waals surface area (Å²) in [5.74, 6) is 0.440. The first-order valence-corrected chi connectivity index (χ1v) is 7.08. The highest BCUT2D eigenvalue weighted by Gasteiger charge is 2.10. The quantitative estimate of drug-likeness (QED) is 0.882. The van der Waals surface area contributed by atoms with Gasteiger partial charge < -0.3 is 10.4 Å². The molecule has 112 valence electrons. The lowest BCUT2D eigenvalue weighted by atomic mass is 10.2. The summed E-state index contributed by atoms with van der Waals surface area (Å²) in [7, 11) is 0. The molecule has 1 aromatic carbocycles. The Kier molecular flexibility index (Phi) is 4.75. The standard InChI is InChI=1S/C16H21N3O2/c1-11(2)9-17-10-13-15(20)8-16(21)19(18-13)14-7-5-4-6-12(14)3/h4-8,11,17,20H,9-10H2,1-3H3. The Labute approximate surface area is 124 Å². The molecule has 0 amide bonds. The maximum atomic E-state index is 12.0. The molecule has 0 bridgehead atoms. The molecule has 0 saturated carbocycles. The summed E-state index contributed by atoms with van der Waals surface area (Å²) >= 11 is 0. The van der Waals surface area contributed by atoms with Crippen LogP contribution in [-0.2, 0) is 6.54 Å². The molecule has 2 aromatic rings. The molecule has 1 heterocycles. The molecule has 5 heteroatoms. The number of nitrogens with one attached hydrogen (secondary N) is 1. The molecule has 0 aliphatic rings. The van der Waals surface area contributed by atoms with Crippen LogP contribution in [0.25, 0.3) is 5.69 Å². The smallest absolute Gasteiger partial charge is 0.275 e. The molecule has 0 aliphatic heterocycles. The van der Waals surface area contributed by atoms with Crippen LogP contribution in [0, 0.1) is 12.8 Å². The number of rotatable bonds is 5. The summed E-state index contributed by atoms with van der Waals surface area (Å²) in [6.07, 6.45) is 0. The summed E-state index contributed by atoms with van der Waals surface area (Å²) in [6.45, 7) is 7.39. The van der Waals surface area contributed by atoms with Crippen molar-refractivity contribution in [3.63, 3.8) is 0 Å². The highest BCUT2D eigenvalue weighted by Crippen LogP contribution is 2.14. The molecule has 0 saturated heterocycles. The highest BCUT2D eigenvalue weighted by atomic mass is 16.3. The van der Waals surface area contributed by atoms with E-state index in [9.17, 15) is 9.90 Å². The summed E-state index contributed by atoms with van der Waals surface area (Å²) in [4.78, 5) is 12.0. The van der Waals surface area contributed by atoms with Crippen LogP contribution in [0.1, 0.15) is 25.1 Å². The second-order valence-electron chi connectivity index (χ2n) is 5.54. The van der Waals surface area contributed by atoms with Crippen molar-refractivity contribution in [2.45, 2.75) is 27.3 Å². The molecule has 0 spiro atoms. The lowest BCUT2D eigenvalue weighted by Gasteiger charge is -2.12. The average molecular weight is 287 g/mol. The van der Waals surface area contributed by atoms with Gasteiger partial charge >= 0.3 is 0 Å². The summed E-state index contributed by atoms with van der Waals surface area (Å²) in [6, 6.07) is 8.75. The van der Waals surface area contributed by atoms with Crippen molar-refractivity contribution in [1.29, 1.82) is 0 Å². The van der Waals surface area contributed by atoms with Gasteiger partial charge in [0.2, 0.25) is 0 Å². The van der Waals surface area contributed by atoms with E-state index in [1.165, 1.54) is 10.7 Å². The second-order valence-corrected chi connectivity index (χ2v) is 5.54. The molecule has 21 heavy (non-hydrogen) atoms. The normalized spacial score (nSPS) is 11.0. The number of benzene rings is 1. The number of hydrogen-bond acceptors (Lipinski definition) is 4. The molecular weight excluding hydrogens is 266 g/mol. The zero-order chi connectivity index (χ0) is 15.4. The second kappa shape index (κ2) is 6.54. The number of aromatic nitrogens is 2. The number of para-hydroxylation sites is 1. The lowest BCUT2D eigenvalue weighted by Crippen LogP contribution is -2.25. The number of aromatic hydroxyl groups is 1. The van der Waals surface area contributed by atoms with Crippen molar-refractivity contribution in [2.24, 2.45) is 5.92 Å². The maximum absolute atomic E-state index is 12.0. The van der Waals surface area contributed by atoms with Crippen molar-refractivity contribution in [3.05, 3.63) is 51.9 Å². The van der Waals surface area contributed by atoms with Gasteiger partial charge in [0.05, 0.1) is 5.69 Å². The number of hydrogen-bond donors (Lipinski definition) is 2. The van der Waals surface area contributed by atoms with Gasteiger partial charge in [-0.15, -0.1) is 0 Å². The molecule has 2 N–H and O–H groups in total. The van der Waals surface area contributed by atoms with E-state index in [4.69, 9.17) is 0 Å². The van der Waals surface area contributed by atoms with E-state index in [1.54, 1.807) is 0 Å². The fraction of sp³-hybridized carbons (Fsp3) is 0.375. The van der Waals surface area contributed by atoms with Crippen molar-refractivity contribution in [2.75, 3.05) is 6.54 Å². The molecule has 0 unspecified atom stereocenters. The van der Waals surface area contributed by atoms with Crippen LogP contribution in [0.4, 0.5) is 0 Å². The van der Waals surface area contributed by atoms with Gasteiger partial charge in [-0.25, -0.2) is 0 Å². The Morgan fingerprint density at radius 1 is 1.33 bits per heavy atom. The predicted molar refractivity (Wildman–Crippen MR) is 82.8 cm³/mol. The fourth-order valence-electron chi connectivity index (χ4n) is 2.06. The predicted octanol–water partition coefficient (Wildman–Crippen LogP) is 1.99. The first-order valence-electron chi connectivity index (χ1n) is 7.08. The van der Waals surface area contributed by atoms with Gasteiger partial charge in [0.25, 0.3) is 5.56 Å². The van der Waals surface area contributed by atoms with Gasteiger partial charge in [0.1, 0.15) is 11.4 Å². The van der Waals surface area contributed by atoms with Crippen molar-refractivity contribution in [3.8, 4) is 11.4 Å². The van der Waals surface area contributed by atoms with E-state index >= 15 is 0 Å². The van der Waals surface area contributed by atoms with E-state index in [0.29, 0.717) is 18.2 Å². The van der Waals surface area contributed by atoms with Crippen LogP contribution in [0.5, 0.6) is 5.75 Å². The van der Waals surface area contributed by atoms with Gasteiger partial charge in [0.15, 0.2) is 0 Å². The molecule has 0 fully saturated rings. The fourth-order valence-corrected chi connectivity index (χ4v) is 2.06. The van der Waals surface area contributed by atoms with Gasteiger partial charge in [-0.1, -0.05) is 32.0 Å². The Bertz CT molecular complexity index is 677. The van der Waals surface area contributed by atoms with Crippen LogP contribution < -0.4 is 10.9 Å². The first-order chi connectivity index (χ1) is 9.99. The van der Waals surface area contributed by atoms with Crippen molar-refractivity contribution >= 4 is 0 Å². The van der Waals surface area contributed by atoms with Gasteiger partial charge in [0, 0.05) is 12.6 Å². The number of nitrogens with zero attached hydrogens (tertiary/aromatic N) is 2. The molecule has 5 nitrogen and oxygen atoms in total. The third-order valence-corrected chi connectivity index (χ3v) is 3.17. The minimum absolute atomic E-state index is 0.0684. The van der Waals surface area contributed by atoms with E-state index < -0.39 is 0 Å². The van der Waals surface area contributed by atoms with E-state index in [0.717, 1.165) is 17.8 Å². The molecule has 2 rings (SSSR count). The Morgan fingerprint density at radius 3 is 2.71 bits per heavy atom. The molecular formula is C16H21N3O2. The molecule has 0 aliphatic carbocycles. The Balaban J connectivity index is 2.35. The van der Waals surface area contributed by atoms with Gasteiger partial charge in [-0.2, -0.15) is 9.78 Å². The SMILES string of the molecule is Cc1ccccc1-n1nc(CNCC(C)C)c(O)cc1=O. The number of aryl methyl sites for hydroxylation is 1. The lowest BCUT2D eigenvalue weighted by molar-refractivity contribution is 0.447. The van der Waals surface area contributed by atoms with Crippen LogP contribution in [-0.4, -0.2) is 21.4 Å². The zero-order valence-corrected chi connectivity index (χ0v) is 12.6. The van der Waals surface area contributed by atoms with E-state index in [-0.39, 0.29) is 11.3 Å². The van der Waals surface area contributed by atoms with Crippen molar-refractivity contribution < 1.29 is 5.11 Å². The summed E-state index contributed by atoms with van der Waals surface area (Å²) in [5.41, 5.74) is 1.82. The maximum Gasteiger partial charge on any atom is 0.275 e.